The van der Waals surface area contributed by atoms with Crippen molar-refractivity contribution in [2.45, 2.75) is 58.1 Å². The highest BCUT2D eigenvalue weighted by Crippen LogP contribution is 2.38. The van der Waals surface area contributed by atoms with E-state index in [9.17, 15) is 4.79 Å². The predicted molar refractivity (Wildman–Crippen MR) is 71.8 cm³/mol. The molecule has 0 aliphatic heterocycles. The largest absolute Gasteiger partial charge is 0.378 e. The number of carbonyl (C=O) groups is 1. The second-order valence-electron chi connectivity index (χ2n) is 5.89. The van der Waals surface area contributed by atoms with Crippen LogP contribution >= 0.6 is 0 Å². The molecule has 2 rings (SSSR count). The van der Waals surface area contributed by atoms with Crippen molar-refractivity contribution in [3.63, 3.8) is 0 Å². The number of hydrogen-bond donors (Lipinski definition) is 0. The molecule has 1 heterocycles. The van der Waals surface area contributed by atoms with Gasteiger partial charge in [0.25, 0.3) is 0 Å². The Labute approximate surface area is 114 Å². The molecule has 1 fully saturated rings. The van der Waals surface area contributed by atoms with E-state index < -0.39 is 0 Å². The molecule has 5 nitrogen and oxygen atoms in total. The van der Waals surface area contributed by atoms with Crippen molar-refractivity contribution in [1.29, 1.82) is 0 Å². The highest BCUT2D eigenvalue weighted by molar-refractivity contribution is 5.81. The van der Waals surface area contributed by atoms with E-state index in [0.29, 0.717) is 18.8 Å². The first-order valence-electron chi connectivity index (χ1n) is 6.98. The average molecular weight is 265 g/mol. The number of ether oxygens (including phenoxy) is 1. The molecule has 0 bridgehead atoms. The maximum absolute atomic E-state index is 12.2. The molecule has 1 aromatic heterocycles. The molecule has 1 aliphatic carbocycles. The normalized spacial score (nSPS) is 17.5. The number of aromatic nitrogens is 3. The summed E-state index contributed by atoms with van der Waals surface area (Å²) in [6, 6.07) is 0. The lowest BCUT2D eigenvalue weighted by molar-refractivity contribution is -0.131. The van der Waals surface area contributed by atoms with E-state index in [1.165, 1.54) is 6.33 Å². The third-order valence-electron chi connectivity index (χ3n) is 3.81. The summed E-state index contributed by atoms with van der Waals surface area (Å²) < 4.78 is 7.33. The highest BCUT2D eigenvalue weighted by Gasteiger charge is 2.38. The van der Waals surface area contributed by atoms with Crippen LogP contribution in [0.25, 0.3) is 0 Å². The van der Waals surface area contributed by atoms with E-state index in [1.807, 2.05) is 4.68 Å². The number of rotatable bonds is 7. The molecule has 0 saturated heterocycles. The first kappa shape index (κ1) is 14.2. The number of nitrogens with zero attached hydrogens (tertiary/aromatic N) is 3. The summed E-state index contributed by atoms with van der Waals surface area (Å²) >= 11 is 0. The Hall–Kier alpha value is -1.23. The van der Waals surface area contributed by atoms with Crippen LogP contribution in [0.15, 0.2) is 6.33 Å². The first-order valence-corrected chi connectivity index (χ1v) is 6.98. The van der Waals surface area contributed by atoms with Crippen LogP contribution in [0.5, 0.6) is 0 Å². The Morgan fingerprint density at radius 1 is 1.53 bits per heavy atom. The summed E-state index contributed by atoms with van der Waals surface area (Å²) in [6.45, 7) is 5.06. The van der Waals surface area contributed by atoms with Crippen LogP contribution in [-0.4, -0.2) is 33.3 Å². The molecule has 0 amide bonds. The van der Waals surface area contributed by atoms with Gasteiger partial charge in [0, 0.05) is 20.1 Å². The molecule has 5 heteroatoms. The SMILES string of the molecule is COC1(CC(=O)Cc2ncnn2CC(C)C)CCC1. The van der Waals surface area contributed by atoms with E-state index in [1.54, 1.807) is 7.11 Å². The minimum Gasteiger partial charge on any atom is -0.378 e. The Morgan fingerprint density at radius 2 is 2.26 bits per heavy atom. The molecular weight excluding hydrogens is 242 g/mol. The Bertz CT molecular complexity index is 430. The fourth-order valence-corrected chi connectivity index (χ4v) is 2.55. The van der Waals surface area contributed by atoms with Crippen molar-refractivity contribution >= 4 is 5.78 Å². The molecular formula is C14H23N3O2. The monoisotopic (exact) mass is 265 g/mol. The number of ketones is 1. The first-order chi connectivity index (χ1) is 9.04. The molecule has 106 valence electrons. The molecule has 0 N–H and O–H groups in total. The Balaban J connectivity index is 1.93. The van der Waals surface area contributed by atoms with Crippen LogP contribution < -0.4 is 0 Å². The van der Waals surface area contributed by atoms with Gasteiger partial charge >= 0.3 is 0 Å². The fraction of sp³-hybridized carbons (Fsp3) is 0.786. The minimum absolute atomic E-state index is 0.194. The summed E-state index contributed by atoms with van der Waals surface area (Å²) in [4.78, 5) is 16.4. The second-order valence-corrected chi connectivity index (χ2v) is 5.89. The smallest absolute Gasteiger partial charge is 0.143 e. The van der Waals surface area contributed by atoms with Gasteiger partial charge in [0.15, 0.2) is 0 Å². The van der Waals surface area contributed by atoms with Gasteiger partial charge in [0.2, 0.25) is 0 Å². The molecule has 1 aliphatic rings. The van der Waals surface area contributed by atoms with E-state index in [2.05, 4.69) is 23.9 Å². The lowest BCUT2D eigenvalue weighted by Gasteiger charge is -2.40. The highest BCUT2D eigenvalue weighted by atomic mass is 16.5. The van der Waals surface area contributed by atoms with Gasteiger partial charge in [0.05, 0.1) is 12.0 Å². The standard InChI is InChI=1S/C14H23N3O2/c1-11(2)9-17-13(15-10-16-17)7-12(18)8-14(19-3)5-4-6-14/h10-11H,4-9H2,1-3H3. The van der Waals surface area contributed by atoms with Crippen LogP contribution in [0.4, 0.5) is 0 Å². The summed E-state index contributed by atoms with van der Waals surface area (Å²) in [5.74, 6) is 1.45. The Morgan fingerprint density at radius 3 is 2.79 bits per heavy atom. The van der Waals surface area contributed by atoms with E-state index in [0.717, 1.165) is 31.6 Å². The van der Waals surface area contributed by atoms with Crippen molar-refractivity contribution < 1.29 is 9.53 Å². The third-order valence-corrected chi connectivity index (χ3v) is 3.81. The number of Topliss-reactive ketones (excluding diaryl/α,β-unsaturated/α-hetero) is 1. The second kappa shape index (κ2) is 5.82. The van der Waals surface area contributed by atoms with Gasteiger partial charge in [-0.1, -0.05) is 13.8 Å². The summed E-state index contributed by atoms with van der Waals surface area (Å²) in [5, 5.41) is 4.18. The molecule has 19 heavy (non-hydrogen) atoms. The van der Waals surface area contributed by atoms with Crippen LogP contribution in [0.3, 0.4) is 0 Å². The van der Waals surface area contributed by atoms with Gasteiger partial charge in [-0.25, -0.2) is 9.67 Å². The number of hydrogen-bond acceptors (Lipinski definition) is 4. The minimum atomic E-state index is -0.194. The maximum Gasteiger partial charge on any atom is 0.143 e. The van der Waals surface area contributed by atoms with Crippen molar-refractivity contribution in [1.82, 2.24) is 14.8 Å². The van der Waals surface area contributed by atoms with Crippen LogP contribution in [0.1, 0.15) is 45.4 Å². The molecule has 0 unspecified atom stereocenters. The van der Waals surface area contributed by atoms with Crippen molar-refractivity contribution in [2.24, 2.45) is 5.92 Å². The molecule has 0 atom stereocenters. The van der Waals surface area contributed by atoms with Crippen LogP contribution in [0.2, 0.25) is 0 Å². The lowest BCUT2D eigenvalue weighted by Crippen LogP contribution is -2.41. The Kier molecular flexibility index (Phi) is 4.34. The lowest BCUT2D eigenvalue weighted by atomic mass is 9.76. The third kappa shape index (κ3) is 3.41. The van der Waals surface area contributed by atoms with Gasteiger partial charge < -0.3 is 4.74 Å². The van der Waals surface area contributed by atoms with Gasteiger partial charge in [-0.2, -0.15) is 5.10 Å². The van der Waals surface area contributed by atoms with Crippen molar-refractivity contribution in [3.8, 4) is 0 Å². The van der Waals surface area contributed by atoms with Crippen LogP contribution in [-0.2, 0) is 22.5 Å². The fourth-order valence-electron chi connectivity index (χ4n) is 2.55. The summed E-state index contributed by atoms with van der Waals surface area (Å²) in [7, 11) is 1.70. The van der Waals surface area contributed by atoms with Gasteiger partial charge in [0.1, 0.15) is 17.9 Å². The summed E-state index contributed by atoms with van der Waals surface area (Å²) in [6.07, 6.45) is 5.53. The topological polar surface area (TPSA) is 57.0 Å². The number of carbonyl (C=O) groups excluding carboxylic acids is 1. The molecule has 1 saturated carbocycles. The maximum atomic E-state index is 12.2. The van der Waals surface area contributed by atoms with Crippen LogP contribution in [0, 0.1) is 5.92 Å². The van der Waals surface area contributed by atoms with Gasteiger partial charge in [-0.15, -0.1) is 0 Å². The zero-order valence-corrected chi connectivity index (χ0v) is 12.1. The van der Waals surface area contributed by atoms with E-state index >= 15 is 0 Å². The van der Waals surface area contributed by atoms with Gasteiger partial charge in [-0.05, 0) is 25.2 Å². The number of methoxy groups -OCH3 is 1. The molecule has 1 aromatic rings. The van der Waals surface area contributed by atoms with E-state index in [4.69, 9.17) is 4.74 Å². The average Bonchev–Trinajstić information content (AvgIpc) is 2.70. The molecule has 0 spiro atoms. The van der Waals surface area contributed by atoms with Crippen molar-refractivity contribution in [2.75, 3.05) is 7.11 Å². The molecule has 0 aromatic carbocycles. The predicted octanol–water partition coefficient (Wildman–Crippen LogP) is 2.00. The van der Waals surface area contributed by atoms with E-state index in [-0.39, 0.29) is 11.4 Å². The van der Waals surface area contributed by atoms with Gasteiger partial charge in [-0.3, -0.25) is 4.79 Å². The molecule has 0 radical (unpaired) electrons. The van der Waals surface area contributed by atoms with Crippen molar-refractivity contribution in [3.05, 3.63) is 12.2 Å². The zero-order chi connectivity index (χ0) is 13.9. The quantitative estimate of drug-likeness (QED) is 0.756. The summed E-state index contributed by atoms with van der Waals surface area (Å²) in [5.41, 5.74) is -0.194. The zero-order valence-electron chi connectivity index (χ0n) is 12.1.